The zero-order valence-electron chi connectivity index (χ0n) is 19.9. The van der Waals surface area contributed by atoms with Gasteiger partial charge in [-0.3, -0.25) is 18.6 Å². The molecule has 0 bridgehead atoms. The molecule has 0 saturated heterocycles. The molecule has 0 spiro atoms. The predicted octanol–water partition coefficient (Wildman–Crippen LogP) is 5.39. The summed E-state index contributed by atoms with van der Waals surface area (Å²) in [5.74, 6) is -0.824. The summed E-state index contributed by atoms with van der Waals surface area (Å²) in [5, 5.41) is 0. The molecule has 0 atom stereocenters. The van der Waals surface area contributed by atoms with Gasteiger partial charge >= 0.3 is 0 Å². The quantitative estimate of drug-likeness (QED) is 0.403. The molecule has 4 heteroatoms. The van der Waals surface area contributed by atoms with Crippen molar-refractivity contribution in [3.63, 3.8) is 0 Å². The minimum atomic E-state index is -0.413. The molecular weight excluding hydrogens is 396 g/mol. The molecule has 3 aromatic carbocycles. The summed E-state index contributed by atoms with van der Waals surface area (Å²) in [6, 6.07) is 20.5. The Morgan fingerprint density at radius 2 is 1.09 bits per heavy atom. The van der Waals surface area contributed by atoms with Crippen LogP contribution in [0.25, 0.3) is 11.1 Å². The standard InChI is InChI=1S/C28H32N2O2/c1-7-29(3,4)21-12-14-23-24-15-13-22(17-26(24)28(32)27(31)25(23)16-21)30(5,6)18-20-10-8-19(2)9-11-20/h8-17H,7,18H2,1-6H3/q+2. The van der Waals surface area contributed by atoms with Crippen LogP contribution in [0.3, 0.4) is 0 Å². The van der Waals surface area contributed by atoms with Gasteiger partial charge in [0.05, 0.1) is 34.7 Å². The maximum Gasteiger partial charge on any atom is 0.234 e. The highest BCUT2D eigenvalue weighted by Crippen LogP contribution is 2.38. The third kappa shape index (κ3) is 3.81. The zero-order chi connectivity index (χ0) is 23.3. The minimum Gasteiger partial charge on any atom is -0.296 e. The summed E-state index contributed by atoms with van der Waals surface area (Å²) in [5.41, 5.74) is 7.22. The van der Waals surface area contributed by atoms with Crippen molar-refractivity contribution < 1.29 is 9.59 Å². The van der Waals surface area contributed by atoms with Crippen molar-refractivity contribution in [2.75, 3.05) is 34.7 Å². The van der Waals surface area contributed by atoms with Crippen LogP contribution in [0, 0.1) is 6.92 Å². The molecule has 0 radical (unpaired) electrons. The monoisotopic (exact) mass is 428 g/mol. The molecule has 32 heavy (non-hydrogen) atoms. The number of hydrogen-bond acceptors (Lipinski definition) is 2. The summed E-state index contributed by atoms with van der Waals surface area (Å²) in [6.07, 6.45) is 0. The first-order valence-corrected chi connectivity index (χ1v) is 11.1. The van der Waals surface area contributed by atoms with Gasteiger partial charge in [-0.05, 0) is 49.2 Å². The summed E-state index contributed by atoms with van der Waals surface area (Å²) in [7, 11) is 8.46. The topological polar surface area (TPSA) is 34.1 Å². The van der Waals surface area contributed by atoms with Crippen LogP contribution in [0.1, 0.15) is 38.8 Å². The molecule has 0 unspecified atom stereocenters. The van der Waals surface area contributed by atoms with Crippen molar-refractivity contribution in [2.45, 2.75) is 20.4 Å². The van der Waals surface area contributed by atoms with Crippen molar-refractivity contribution in [1.82, 2.24) is 8.97 Å². The molecule has 0 N–H and O–H groups in total. The van der Waals surface area contributed by atoms with Gasteiger partial charge in [-0.1, -0.05) is 29.8 Å². The van der Waals surface area contributed by atoms with E-state index in [1.165, 1.54) is 11.1 Å². The maximum atomic E-state index is 13.1. The Balaban J connectivity index is 1.75. The number of benzene rings is 3. The van der Waals surface area contributed by atoms with E-state index in [0.29, 0.717) is 20.1 Å². The Labute approximate surface area is 190 Å². The molecule has 0 aromatic heterocycles. The van der Waals surface area contributed by atoms with Gasteiger partial charge in [0.15, 0.2) is 0 Å². The SMILES string of the molecule is CC[N+](C)(C)c1ccc2c(c1)C(=O)C(=O)c1cc([N+](C)(C)Cc3ccc(C)cc3)ccc1-2. The van der Waals surface area contributed by atoms with Crippen molar-refractivity contribution in [3.05, 3.63) is 82.9 Å². The van der Waals surface area contributed by atoms with E-state index in [1.54, 1.807) is 0 Å². The average molecular weight is 429 g/mol. The highest BCUT2D eigenvalue weighted by molar-refractivity contribution is 6.53. The number of ketones is 2. The highest BCUT2D eigenvalue weighted by Gasteiger charge is 2.34. The van der Waals surface area contributed by atoms with Crippen LogP contribution in [0.15, 0.2) is 60.7 Å². The van der Waals surface area contributed by atoms with Crippen LogP contribution >= 0.6 is 0 Å². The van der Waals surface area contributed by atoms with E-state index >= 15 is 0 Å². The molecule has 1 aliphatic carbocycles. The van der Waals surface area contributed by atoms with Crippen molar-refractivity contribution in [3.8, 4) is 11.1 Å². The summed E-state index contributed by atoms with van der Waals surface area (Å²) in [4.78, 5) is 26.2. The number of fused-ring (bicyclic) bond motifs is 3. The van der Waals surface area contributed by atoms with Gasteiger partial charge in [-0.2, -0.15) is 0 Å². The summed E-state index contributed by atoms with van der Waals surface area (Å²) >= 11 is 0. The molecule has 1 aliphatic rings. The second-order valence-electron chi connectivity index (χ2n) is 9.95. The fourth-order valence-electron chi connectivity index (χ4n) is 4.33. The number of carbonyl (C=O) groups excluding carboxylic acids is 2. The molecule has 3 aromatic rings. The number of carbonyl (C=O) groups is 2. The highest BCUT2D eigenvalue weighted by atomic mass is 16.2. The van der Waals surface area contributed by atoms with Gasteiger partial charge in [-0.25, -0.2) is 0 Å². The first-order valence-electron chi connectivity index (χ1n) is 11.1. The van der Waals surface area contributed by atoms with Gasteiger partial charge in [0, 0.05) is 28.8 Å². The first-order chi connectivity index (χ1) is 15.0. The van der Waals surface area contributed by atoms with E-state index in [1.807, 2.05) is 24.3 Å². The lowest BCUT2D eigenvalue weighted by Crippen LogP contribution is -2.40. The number of hydrogen-bond donors (Lipinski definition) is 0. The Kier molecular flexibility index (Phi) is 5.40. The summed E-state index contributed by atoms with van der Waals surface area (Å²) < 4.78 is 1.25. The molecule has 4 nitrogen and oxygen atoms in total. The fraction of sp³-hybridized carbons (Fsp3) is 0.286. The number of nitrogens with zero attached hydrogens (tertiary/aromatic N) is 2. The molecule has 4 rings (SSSR count). The fourth-order valence-corrected chi connectivity index (χ4v) is 4.33. The maximum absolute atomic E-state index is 13.1. The zero-order valence-corrected chi connectivity index (χ0v) is 19.9. The number of Topliss-reactive ketones (excluding diaryl/α,β-unsaturated/α-hetero) is 2. The molecule has 164 valence electrons. The van der Waals surface area contributed by atoms with Crippen LogP contribution in [0.4, 0.5) is 11.4 Å². The third-order valence-electron chi connectivity index (χ3n) is 6.88. The first kappa shape index (κ1) is 22.1. The van der Waals surface area contributed by atoms with Crippen LogP contribution < -0.4 is 8.97 Å². The largest absolute Gasteiger partial charge is 0.296 e. The normalized spacial score (nSPS) is 13.7. The Morgan fingerprint density at radius 1 is 0.625 bits per heavy atom. The molecule has 0 fully saturated rings. The molecule has 0 saturated carbocycles. The van der Waals surface area contributed by atoms with Gasteiger partial charge in [0.1, 0.15) is 17.9 Å². The van der Waals surface area contributed by atoms with Gasteiger partial charge < -0.3 is 0 Å². The second-order valence-corrected chi connectivity index (χ2v) is 9.95. The van der Waals surface area contributed by atoms with Gasteiger partial charge in [0.25, 0.3) is 0 Å². The van der Waals surface area contributed by atoms with E-state index in [-0.39, 0.29) is 0 Å². The lowest BCUT2D eigenvalue weighted by atomic mass is 9.83. The molecule has 0 aliphatic heterocycles. The van der Waals surface area contributed by atoms with E-state index in [2.05, 4.69) is 78.4 Å². The summed E-state index contributed by atoms with van der Waals surface area (Å²) in [6.45, 7) is 5.89. The molecule has 0 heterocycles. The molecule has 0 amide bonds. The Bertz CT molecular complexity index is 1220. The van der Waals surface area contributed by atoms with Crippen molar-refractivity contribution >= 4 is 22.9 Å². The Morgan fingerprint density at radius 3 is 1.56 bits per heavy atom. The second kappa shape index (κ2) is 7.80. The van der Waals surface area contributed by atoms with E-state index < -0.39 is 11.6 Å². The van der Waals surface area contributed by atoms with Crippen LogP contribution in [-0.4, -0.2) is 46.3 Å². The van der Waals surface area contributed by atoms with E-state index in [9.17, 15) is 9.59 Å². The van der Waals surface area contributed by atoms with Crippen molar-refractivity contribution in [1.29, 1.82) is 0 Å². The van der Waals surface area contributed by atoms with Crippen LogP contribution in [-0.2, 0) is 6.54 Å². The van der Waals surface area contributed by atoms with Crippen LogP contribution in [0.2, 0.25) is 0 Å². The molecular formula is C28H32N2O2+2. The third-order valence-corrected chi connectivity index (χ3v) is 6.88. The predicted molar refractivity (Wildman–Crippen MR) is 133 cm³/mol. The lowest BCUT2D eigenvalue weighted by Gasteiger charge is -2.31. The van der Waals surface area contributed by atoms with Crippen molar-refractivity contribution in [2.24, 2.45) is 0 Å². The Hall–Kier alpha value is -3.08. The lowest BCUT2D eigenvalue weighted by molar-refractivity contribution is 0.0815. The van der Waals surface area contributed by atoms with E-state index in [4.69, 9.17) is 0 Å². The minimum absolute atomic E-state index is 0.411. The van der Waals surface area contributed by atoms with Crippen LogP contribution in [0.5, 0.6) is 0 Å². The van der Waals surface area contributed by atoms with Gasteiger partial charge in [-0.15, -0.1) is 0 Å². The number of quaternary nitrogens is 2. The average Bonchev–Trinajstić information content (AvgIpc) is 2.78. The van der Waals surface area contributed by atoms with Gasteiger partial charge in [0.2, 0.25) is 11.6 Å². The number of rotatable bonds is 5. The number of aryl methyl sites for hydroxylation is 1. The van der Waals surface area contributed by atoms with E-state index in [0.717, 1.165) is 35.6 Å². The smallest absolute Gasteiger partial charge is 0.234 e.